The van der Waals surface area contributed by atoms with E-state index in [9.17, 15) is 4.79 Å². The molecule has 0 N–H and O–H groups in total. The van der Waals surface area contributed by atoms with E-state index in [2.05, 4.69) is 0 Å². The third kappa shape index (κ3) is 13.6. The van der Waals surface area contributed by atoms with Crippen LogP contribution in [0.5, 0.6) is 0 Å². The highest BCUT2D eigenvalue weighted by atomic mass is 16.7. The van der Waals surface area contributed by atoms with Gasteiger partial charge in [0.2, 0.25) is 0 Å². The fraction of sp³-hybridized carbons (Fsp3) is 0.917. The van der Waals surface area contributed by atoms with Crippen LogP contribution in [-0.4, -0.2) is 26.8 Å². The molecule has 0 fully saturated rings. The van der Waals surface area contributed by atoms with Gasteiger partial charge in [0.05, 0.1) is 0 Å². The molecule has 0 heterocycles. The van der Waals surface area contributed by atoms with Gasteiger partial charge in [0.1, 0.15) is 13.1 Å². The fourth-order valence-electron chi connectivity index (χ4n) is 1.46. The minimum atomic E-state index is 0.408. The zero-order valence-electron chi connectivity index (χ0n) is 9.87. The van der Waals surface area contributed by atoms with Crippen molar-refractivity contribution < 1.29 is 14.3 Å². The van der Waals surface area contributed by atoms with Crippen molar-refractivity contribution in [2.45, 2.75) is 51.4 Å². The Morgan fingerprint density at radius 3 is 2.13 bits per heavy atom. The predicted octanol–water partition coefficient (Wildman–Crippen LogP) is 2.93. The number of hydrogen-bond acceptors (Lipinski definition) is 3. The monoisotopic (exact) mass is 216 g/mol. The van der Waals surface area contributed by atoms with E-state index in [0.29, 0.717) is 6.79 Å². The summed E-state index contributed by atoms with van der Waals surface area (Å²) in [5.74, 6) is 0. The van der Waals surface area contributed by atoms with Crippen molar-refractivity contribution in [3.8, 4) is 0 Å². The lowest BCUT2D eigenvalue weighted by Gasteiger charge is -2.02. The predicted molar refractivity (Wildman–Crippen MR) is 60.8 cm³/mol. The molecule has 0 aliphatic carbocycles. The first-order valence-electron chi connectivity index (χ1n) is 5.92. The first kappa shape index (κ1) is 14.6. The Kier molecular flexibility index (Phi) is 13.2. The van der Waals surface area contributed by atoms with Crippen LogP contribution in [0.15, 0.2) is 0 Å². The van der Waals surface area contributed by atoms with Gasteiger partial charge in [0.15, 0.2) is 0 Å². The number of rotatable bonds is 12. The van der Waals surface area contributed by atoms with Crippen LogP contribution in [-0.2, 0) is 14.3 Å². The van der Waals surface area contributed by atoms with Crippen molar-refractivity contribution in [3.05, 3.63) is 0 Å². The Labute approximate surface area is 93.1 Å². The molecule has 0 radical (unpaired) electrons. The highest BCUT2D eigenvalue weighted by Gasteiger charge is 1.92. The van der Waals surface area contributed by atoms with E-state index in [1.807, 2.05) is 0 Å². The van der Waals surface area contributed by atoms with Crippen molar-refractivity contribution in [2.75, 3.05) is 20.5 Å². The summed E-state index contributed by atoms with van der Waals surface area (Å²) in [5.41, 5.74) is 0. The Balaban J connectivity index is 2.83. The van der Waals surface area contributed by atoms with Crippen molar-refractivity contribution in [2.24, 2.45) is 0 Å². The SMILES string of the molecule is COCOCCCCCCCCCC=O. The Bertz CT molecular complexity index is 126. The van der Waals surface area contributed by atoms with Crippen molar-refractivity contribution in [1.29, 1.82) is 0 Å². The molecule has 0 aromatic carbocycles. The van der Waals surface area contributed by atoms with Crippen LogP contribution in [0.1, 0.15) is 51.4 Å². The maximum atomic E-state index is 10.0. The standard InChI is InChI=1S/C12H24O3/c1-14-12-15-11-9-7-5-3-2-4-6-8-10-13/h10H,2-9,11-12H2,1H3. The molecule has 3 nitrogen and oxygen atoms in total. The molecule has 0 saturated carbocycles. The molecular weight excluding hydrogens is 192 g/mol. The van der Waals surface area contributed by atoms with Gasteiger partial charge >= 0.3 is 0 Å². The van der Waals surface area contributed by atoms with Gasteiger partial charge in [-0.25, -0.2) is 0 Å². The third-order valence-electron chi connectivity index (χ3n) is 2.31. The molecule has 0 aliphatic heterocycles. The van der Waals surface area contributed by atoms with E-state index in [0.717, 1.165) is 32.2 Å². The second-order valence-corrected chi connectivity index (χ2v) is 3.74. The highest BCUT2D eigenvalue weighted by Crippen LogP contribution is 2.07. The van der Waals surface area contributed by atoms with Crippen LogP contribution in [0.2, 0.25) is 0 Å². The maximum Gasteiger partial charge on any atom is 0.146 e. The molecule has 0 atom stereocenters. The highest BCUT2D eigenvalue weighted by molar-refractivity contribution is 5.48. The molecular formula is C12H24O3. The summed E-state index contributed by atoms with van der Waals surface area (Å²) in [6.45, 7) is 1.21. The van der Waals surface area contributed by atoms with E-state index in [4.69, 9.17) is 9.47 Å². The molecule has 15 heavy (non-hydrogen) atoms. The summed E-state index contributed by atoms with van der Waals surface area (Å²) in [6.07, 6.45) is 10.2. The van der Waals surface area contributed by atoms with E-state index in [1.54, 1.807) is 7.11 Å². The molecule has 0 rings (SSSR count). The molecule has 3 heteroatoms. The van der Waals surface area contributed by atoms with Gasteiger partial charge in [-0.3, -0.25) is 0 Å². The summed E-state index contributed by atoms with van der Waals surface area (Å²) in [6, 6.07) is 0. The zero-order chi connectivity index (χ0) is 11.2. The molecule has 90 valence electrons. The molecule has 0 bridgehead atoms. The van der Waals surface area contributed by atoms with Crippen LogP contribution < -0.4 is 0 Å². The van der Waals surface area contributed by atoms with Crippen molar-refractivity contribution in [1.82, 2.24) is 0 Å². The van der Waals surface area contributed by atoms with Gasteiger partial charge in [-0.05, 0) is 12.8 Å². The fourth-order valence-corrected chi connectivity index (χ4v) is 1.46. The summed E-state index contributed by atoms with van der Waals surface area (Å²) < 4.78 is 9.96. The maximum absolute atomic E-state index is 10.0. The Morgan fingerprint density at radius 2 is 1.53 bits per heavy atom. The third-order valence-corrected chi connectivity index (χ3v) is 2.31. The Morgan fingerprint density at radius 1 is 0.933 bits per heavy atom. The van der Waals surface area contributed by atoms with E-state index in [-0.39, 0.29) is 0 Å². The molecule has 0 saturated heterocycles. The average Bonchev–Trinajstić information content (AvgIpc) is 2.26. The number of unbranched alkanes of at least 4 members (excludes halogenated alkanes) is 7. The zero-order valence-corrected chi connectivity index (χ0v) is 9.87. The summed E-state index contributed by atoms with van der Waals surface area (Å²) >= 11 is 0. The smallest absolute Gasteiger partial charge is 0.146 e. The molecule has 0 aliphatic rings. The summed E-state index contributed by atoms with van der Waals surface area (Å²) in [4.78, 5) is 10.0. The molecule has 0 unspecified atom stereocenters. The Hall–Kier alpha value is -0.410. The number of aldehydes is 1. The minimum absolute atomic E-state index is 0.408. The first-order valence-corrected chi connectivity index (χ1v) is 5.92. The lowest BCUT2D eigenvalue weighted by atomic mass is 10.1. The minimum Gasteiger partial charge on any atom is -0.359 e. The second kappa shape index (κ2) is 13.6. The van der Waals surface area contributed by atoms with Crippen molar-refractivity contribution in [3.63, 3.8) is 0 Å². The second-order valence-electron chi connectivity index (χ2n) is 3.74. The lowest BCUT2D eigenvalue weighted by molar-refractivity contribution is -0.107. The van der Waals surface area contributed by atoms with Crippen LogP contribution in [0, 0.1) is 0 Å². The molecule has 0 amide bonds. The van der Waals surface area contributed by atoms with Crippen molar-refractivity contribution >= 4 is 6.29 Å². The van der Waals surface area contributed by atoms with Crippen LogP contribution in [0.3, 0.4) is 0 Å². The van der Waals surface area contributed by atoms with Gasteiger partial charge in [-0.15, -0.1) is 0 Å². The summed E-state index contributed by atoms with van der Waals surface area (Å²) in [7, 11) is 1.64. The number of hydrogen-bond donors (Lipinski definition) is 0. The van der Waals surface area contributed by atoms with Gasteiger partial charge in [-0.2, -0.15) is 0 Å². The lowest BCUT2D eigenvalue weighted by Crippen LogP contribution is -1.98. The van der Waals surface area contributed by atoms with Gasteiger partial charge < -0.3 is 14.3 Å². The van der Waals surface area contributed by atoms with Crippen LogP contribution >= 0.6 is 0 Å². The largest absolute Gasteiger partial charge is 0.359 e. The average molecular weight is 216 g/mol. The first-order chi connectivity index (χ1) is 7.41. The van der Waals surface area contributed by atoms with Crippen LogP contribution in [0.25, 0.3) is 0 Å². The normalized spacial score (nSPS) is 10.5. The van der Waals surface area contributed by atoms with Gasteiger partial charge in [0, 0.05) is 20.1 Å². The number of carbonyl (C=O) groups excluding carboxylic acids is 1. The van der Waals surface area contributed by atoms with E-state index < -0.39 is 0 Å². The number of carbonyl (C=O) groups is 1. The number of ether oxygens (including phenoxy) is 2. The van der Waals surface area contributed by atoms with Crippen LogP contribution in [0.4, 0.5) is 0 Å². The number of methoxy groups -OCH3 is 1. The van der Waals surface area contributed by atoms with E-state index in [1.165, 1.54) is 32.1 Å². The summed E-state index contributed by atoms with van der Waals surface area (Å²) in [5, 5.41) is 0. The molecule has 0 aromatic rings. The quantitative estimate of drug-likeness (QED) is 0.286. The van der Waals surface area contributed by atoms with Gasteiger partial charge in [0.25, 0.3) is 0 Å². The topological polar surface area (TPSA) is 35.5 Å². The molecule has 0 spiro atoms. The van der Waals surface area contributed by atoms with Gasteiger partial charge in [-0.1, -0.05) is 32.1 Å². The molecule has 0 aromatic heterocycles. The van der Waals surface area contributed by atoms with E-state index >= 15 is 0 Å².